The van der Waals surface area contributed by atoms with Crippen LogP contribution in [0.1, 0.15) is 26.6 Å². The molecule has 0 aliphatic carbocycles. The van der Waals surface area contributed by atoms with Gasteiger partial charge in [-0.05, 0) is 42.1 Å². The van der Waals surface area contributed by atoms with Crippen LogP contribution in [0.4, 0.5) is 0 Å². The Balaban J connectivity index is 1.71. The third kappa shape index (κ3) is 3.73. The third-order valence-corrected chi connectivity index (χ3v) is 5.45. The van der Waals surface area contributed by atoms with E-state index in [1.807, 2.05) is 60.8 Å². The summed E-state index contributed by atoms with van der Waals surface area (Å²) in [6, 6.07) is 18.7. The molecule has 0 spiro atoms. The average molecular weight is 389 g/mol. The van der Waals surface area contributed by atoms with E-state index in [1.54, 1.807) is 28.4 Å². The first kappa shape index (κ1) is 18.1. The van der Waals surface area contributed by atoms with Gasteiger partial charge in [0, 0.05) is 10.4 Å². The highest BCUT2D eigenvalue weighted by Crippen LogP contribution is 2.18. The Kier molecular flexibility index (Phi) is 5.04. The average Bonchev–Trinajstić information content (AvgIpc) is 3.21. The minimum absolute atomic E-state index is 0.0812. The van der Waals surface area contributed by atoms with Crippen LogP contribution in [0.2, 0.25) is 0 Å². The molecule has 1 amide bonds. The first-order valence-corrected chi connectivity index (χ1v) is 9.85. The number of H-pyrrole nitrogens is 1. The lowest BCUT2D eigenvalue weighted by atomic mass is 10.1. The van der Waals surface area contributed by atoms with Gasteiger partial charge in [-0.2, -0.15) is 0 Å². The number of thiophene rings is 1. The molecule has 0 atom stereocenters. The standard InChI is InChI=1S/C22H19N3O2S/c1-15-7-2-3-9-17(15)22(27)25(13-16-8-6-12-28-16)14-20-23-19-11-5-4-10-18(19)21(26)24-20/h2-12H,13-14H2,1H3,(H,23,24,26). The molecule has 6 heteroatoms. The van der Waals surface area contributed by atoms with Crippen LogP contribution in [-0.4, -0.2) is 20.8 Å². The number of amides is 1. The minimum atomic E-state index is -0.194. The number of aromatic nitrogens is 2. The summed E-state index contributed by atoms with van der Waals surface area (Å²) in [5.41, 5.74) is 2.01. The quantitative estimate of drug-likeness (QED) is 0.558. The number of para-hydroxylation sites is 1. The Morgan fingerprint density at radius 3 is 2.61 bits per heavy atom. The zero-order chi connectivity index (χ0) is 19.5. The maximum Gasteiger partial charge on any atom is 0.258 e. The second-order valence-electron chi connectivity index (χ2n) is 6.59. The largest absolute Gasteiger partial charge is 0.326 e. The predicted octanol–water partition coefficient (Wildman–Crippen LogP) is 4.14. The van der Waals surface area contributed by atoms with Gasteiger partial charge in [0.1, 0.15) is 5.82 Å². The van der Waals surface area contributed by atoms with Gasteiger partial charge < -0.3 is 9.88 Å². The minimum Gasteiger partial charge on any atom is -0.326 e. The fourth-order valence-electron chi connectivity index (χ4n) is 3.16. The predicted molar refractivity (Wildman–Crippen MR) is 111 cm³/mol. The van der Waals surface area contributed by atoms with Crippen LogP contribution >= 0.6 is 11.3 Å². The van der Waals surface area contributed by atoms with Gasteiger partial charge in [0.15, 0.2) is 0 Å². The van der Waals surface area contributed by atoms with Crippen molar-refractivity contribution < 1.29 is 4.79 Å². The van der Waals surface area contributed by atoms with E-state index >= 15 is 0 Å². The van der Waals surface area contributed by atoms with E-state index in [1.165, 1.54) is 0 Å². The number of aryl methyl sites for hydroxylation is 1. The Bertz CT molecular complexity index is 1180. The molecule has 1 N–H and O–H groups in total. The monoisotopic (exact) mass is 389 g/mol. The lowest BCUT2D eigenvalue weighted by Gasteiger charge is -2.22. The Hall–Kier alpha value is -3.25. The first-order chi connectivity index (χ1) is 13.6. The van der Waals surface area contributed by atoms with E-state index in [0.29, 0.717) is 28.8 Å². The van der Waals surface area contributed by atoms with Crippen molar-refractivity contribution in [2.24, 2.45) is 0 Å². The molecule has 0 unspecified atom stereocenters. The van der Waals surface area contributed by atoms with Crippen LogP contribution in [0.25, 0.3) is 10.9 Å². The number of fused-ring (bicyclic) bond motifs is 1. The summed E-state index contributed by atoms with van der Waals surface area (Å²) in [6.45, 7) is 2.61. The lowest BCUT2D eigenvalue weighted by molar-refractivity contribution is 0.0726. The van der Waals surface area contributed by atoms with Crippen molar-refractivity contribution in [1.29, 1.82) is 0 Å². The third-order valence-electron chi connectivity index (χ3n) is 4.59. The maximum atomic E-state index is 13.3. The molecule has 5 nitrogen and oxygen atoms in total. The molecule has 0 saturated heterocycles. The van der Waals surface area contributed by atoms with Gasteiger partial charge in [-0.15, -0.1) is 11.3 Å². The number of aromatic amines is 1. The molecule has 0 fully saturated rings. The van der Waals surface area contributed by atoms with E-state index in [9.17, 15) is 9.59 Å². The van der Waals surface area contributed by atoms with Crippen LogP contribution in [0, 0.1) is 6.92 Å². The zero-order valence-electron chi connectivity index (χ0n) is 15.4. The van der Waals surface area contributed by atoms with Gasteiger partial charge in [0.2, 0.25) is 0 Å². The smallest absolute Gasteiger partial charge is 0.258 e. The van der Waals surface area contributed by atoms with E-state index in [4.69, 9.17) is 0 Å². The summed E-state index contributed by atoms with van der Waals surface area (Å²) in [7, 11) is 0. The van der Waals surface area contributed by atoms with Gasteiger partial charge >= 0.3 is 0 Å². The van der Waals surface area contributed by atoms with Gasteiger partial charge in [-0.3, -0.25) is 9.59 Å². The number of hydrogen-bond acceptors (Lipinski definition) is 4. The normalized spacial score (nSPS) is 10.9. The van der Waals surface area contributed by atoms with Gasteiger partial charge in [-0.25, -0.2) is 4.98 Å². The Labute approximate surface area is 166 Å². The van der Waals surface area contributed by atoms with Gasteiger partial charge in [0.25, 0.3) is 11.5 Å². The van der Waals surface area contributed by atoms with Crippen molar-refractivity contribution in [2.45, 2.75) is 20.0 Å². The van der Waals surface area contributed by atoms with Crippen molar-refractivity contribution in [2.75, 3.05) is 0 Å². The molecule has 0 radical (unpaired) electrons. The number of carbonyl (C=O) groups excluding carboxylic acids is 1. The Morgan fingerprint density at radius 2 is 1.82 bits per heavy atom. The summed E-state index contributed by atoms with van der Waals surface area (Å²) in [5, 5.41) is 2.53. The number of hydrogen-bond donors (Lipinski definition) is 1. The highest BCUT2D eigenvalue weighted by atomic mass is 32.1. The highest BCUT2D eigenvalue weighted by molar-refractivity contribution is 7.09. The van der Waals surface area contributed by atoms with Crippen molar-refractivity contribution in [3.8, 4) is 0 Å². The van der Waals surface area contributed by atoms with Gasteiger partial charge in [-0.1, -0.05) is 36.4 Å². The Morgan fingerprint density at radius 1 is 1.04 bits per heavy atom. The molecule has 4 rings (SSSR count). The number of nitrogens with one attached hydrogen (secondary N) is 1. The van der Waals surface area contributed by atoms with E-state index in [2.05, 4.69) is 9.97 Å². The molecule has 2 aromatic carbocycles. The molecule has 2 heterocycles. The summed E-state index contributed by atoms with van der Waals surface area (Å²) in [6.07, 6.45) is 0. The molecule has 4 aromatic rings. The summed E-state index contributed by atoms with van der Waals surface area (Å²) in [5.74, 6) is 0.393. The van der Waals surface area contributed by atoms with E-state index < -0.39 is 0 Å². The van der Waals surface area contributed by atoms with Crippen LogP contribution < -0.4 is 5.56 Å². The zero-order valence-corrected chi connectivity index (χ0v) is 16.2. The molecular weight excluding hydrogens is 370 g/mol. The van der Waals surface area contributed by atoms with Crippen molar-refractivity contribution in [3.63, 3.8) is 0 Å². The molecule has 0 aliphatic rings. The maximum absolute atomic E-state index is 13.3. The second-order valence-corrected chi connectivity index (χ2v) is 7.62. The SMILES string of the molecule is Cc1ccccc1C(=O)N(Cc1nc2ccccc2c(=O)[nH]1)Cc1cccs1. The lowest BCUT2D eigenvalue weighted by Crippen LogP contribution is -2.32. The summed E-state index contributed by atoms with van der Waals surface area (Å²) >= 11 is 1.60. The number of rotatable bonds is 5. The first-order valence-electron chi connectivity index (χ1n) is 8.97. The molecule has 2 aromatic heterocycles. The van der Waals surface area contributed by atoms with Gasteiger partial charge in [0.05, 0.1) is 24.0 Å². The summed E-state index contributed by atoms with van der Waals surface area (Å²) < 4.78 is 0. The number of carbonyl (C=O) groups is 1. The fourth-order valence-corrected chi connectivity index (χ4v) is 3.88. The molecule has 28 heavy (non-hydrogen) atoms. The highest BCUT2D eigenvalue weighted by Gasteiger charge is 2.20. The van der Waals surface area contributed by atoms with Crippen LogP contribution in [0.15, 0.2) is 70.8 Å². The van der Waals surface area contributed by atoms with Crippen molar-refractivity contribution in [3.05, 3.63) is 98.2 Å². The molecule has 140 valence electrons. The molecular formula is C22H19N3O2S. The molecule has 0 bridgehead atoms. The number of benzene rings is 2. The van der Waals surface area contributed by atoms with E-state index in [0.717, 1.165) is 10.4 Å². The topological polar surface area (TPSA) is 66.1 Å². The van der Waals surface area contributed by atoms with Crippen LogP contribution in [-0.2, 0) is 13.1 Å². The molecule has 0 aliphatic heterocycles. The van der Waals surface area contributed by atoms with Crippen molar-refractivity contribution >= 4 is 28.1 Å². The fraction of sp³-hybridized carbons (Fsp3) is 0.136. The second kappa shape index (κ2) is 7.78. The van der Waals surface area contributed by atoms with E-state index in [-0.39, 0.29) is 18.0 Å². The number of nitrogens with zero attached hydrogens (tertiary/aromatic N) is 2. The van der Waals surface area contributed by atoms with Crippen LogP contribution in [0.3, 0.4) is 0 Å². The van der Waals surface area contributed by atoms with Crippen molar-refractivity contribution in [1.82, 2.24) is 14.9 Å². The molecule has 0 saturated carbocycles. The summed E-state index contributed by atoms with van der Waals surface area (Å²) in [4.78, 5) is 35.8. The van der Waals surface area contributed by atoms with Crippen LogP contribution in [0.5, 0.6) is 0 Å².